The van der Waals surface area contributed by atoms with Gasteiger partial charge in [-0.2, -0.15) is 0 Å². The Morgan fingerprint density at radius 1 is 1.11 bits per heavy atom. The molecule has 0 spiro atoms. The number of rotatable bonds is 5. The number of urea groups is 1. The van der Waals surface area contributed by atoms with Crippen LogP contribution in [0.4, 0.5) is 9.93 Å². The van der Waals surface area contributed by atoms with Crippen LogP contribution in [0.2, 0.25) is 0 Å². The standard InChI is InChI=1S/C21H24N4O2S/c1-27-17-8-5-9-18-19(17)23-21(28-18)25-14-12-24(13-15-25)20(26)22-11-10-16-6-3-2-4-7-16/h2-9H,10-15H2,1H3,(H,22,26). The van der Waals surface area contributed by atoms with E-state index in [-0.39, 0.29) is 6.03 Å². The van der Waals surface area contributed by atoms with E-state index in [1.54, 1.807) is 18.4 Å². The van der Waals surface area contributed by atoms with Crippen LogP contribution in [0.5, 0.6) is 5.75 Å². The monoisotopic (exact) mass is 396 g/mol. The van der Waals surface area contributed by atoms with E-state index in [0.717, 1.165) is 40.6 Å². The Hall–Kier alpha value is -2.80. The van der Waals surface area contributed by atoms with Crippen LogP contribution in [0, 0.1) is 0 Å². The van der Waals surface area contributed by atoms with Gasteiger partial charge in [0.1, 0.15) is 11.3 Å². The van der Waals surface area contributed by atoms with Gasteiger partial charge >= 0.3 is 6.03 Å². The van der Waals surface area contributed by atoms with Crippen molar-refractivity contribution >= 4 is 32.7 Å². The van der Waals surface area contributed by atoms with Gasteiger partial charge in [-0.25, -0.2) is 9.78 Å². The molecule has 7 heteroatoms. The molecular weight excluding hydrogens is 372 g/mol. The highest BCUT2D eigenvalue weighted by Gasteiger charge is 2.23. The molecule has 146 valence electrons. The van der Waals surface area contributed by atoms with Crippen LogP contribution in [0.1, 0.15) is 5.56 Å². The number of piperazine rings is 1. The third kappa shape index (κ3) is 4.04. The third-order valence-electron chi connectivity index (χ3n) is 4.96. The number of carbonyl (C=O) groups excluding carboxylic acids is 1. The van der Waals surface area contributed by atoms with E-state index in [2.05, 4.69) is 28.4 Å². The van der Waals surface area contributed by atoms with Gasteiger partial charge in [-0.15, -0.1) is 0 Å². The largest absolute Gasteiger partial charge is 0.494 e. The summed E-state index contributed by atoms with van der Waals surface area (Å²) in [5.41, 5.74) is 2.14. The number of fused-ring (bicyclic) bond motifs is 1. The summed E-state index contributed by atoms with van der Waals surface area (Å²) in [4.78, 5) is 21.3. The average molecular weight is 397 g/mol. The lowest BCUT2D eigenvalue weighted by Crippen LogP contribution is -2.52. The zero-order valence-corrected chi connectivity index (χ0v) is 16.7. The van der Waals surface area contributed by atoms with E-state index < -0.39 is 0 Å². The first-order valence-electron chi connectivity index (χ1n) is 9.50. The summed E-state index contributed by atoms with van der Waals surface area (Å²) in [5, 5.41) is 4.02. The van der Waals surface area contributed by atoms with Gasteiger partial charge in [-0.05, 0) is 24.1 Å². The maximum atomic E-state index is 12.4. The molecule has 2 amide bonds. The van der Waals surface area contributed by atoms with Crippen LogP contribution in [0.15, 0.2) is 48.5 Å². The number of ether oxygens (including phenoxy) is 1. The van der Waals surface area contributed by atoms with Crippen LogP contribution in [-0.4, -0.2) is 55.7 Å². The number of amides is 2. The first-order chi connectivity index (χ1) is 13.7. The zero-order valence-electron chi connectivity index (χ0n) is 15.9. The Labute approximate surface area is 168 Å². The topological polar surface area (TPSA) is 57.7 Å². The Bertz CT molecular complexity index is 936. The summed E-state index contributed by atoms with van der Waals surface area (Å²) in [5.74, 6) is 0.802. The molecule has 0 saturated carbocycles. The Balaban J connectivity index is 1.30. The minimum atomic E-state index is 0.0153. The number of aromatic nitrogens is 1. The van der Waals surface area contributed by atoms with Gasteiger partial charge in [0, 0.05) is 32.7 Å². The number of methoxy groups -OCH3 is 1. The maximum Gasteiger partial charge on any atom is 0.317 e. The Morgan fingerprint density at radius 2 is 1.89 bits per heavy atom. The number of benzene rings is 2. The number of hydrogen-bond acceptors (Lipinski definition) is 5. The SMILES string of the molecule is COc1cccc2sc(N3CCN(C(=O)NCCc4ccccc4)CC3)nc12. The lowest BCUT2D eigenvalue weighted by Gasteiger charge is -2.34. The molecule has 3 aromatic rings. The molecule has 28 heavy (non-hydrogen) atoms. The van der Waals surface area contributed by atoms with Crippen molar-refractivity contribution in [3.05, 3.63) is 54.1 Å². The Morgan fingerprint density at radius 3 is 2.64 bits per heavy atom. The van der Waals surface area contributed by atoms with Gasteiger partial charge in [0.15, 0.2) is 5.13 Å². The molecule has 0 unspecified atom stereocenters. The van der Waals surface area contributed by atoms with Crippen LogP contribution in [-0.2, 0) is 6.42 Å². The molecule has 1 aliphatic heterocycles. The number of thiazole rings is 1. The summed E-state index contributed by atoms with van der Waals surface area (Å²) < 4.78 is 6.53. The van der Waals surface area contributed by atoms with Crippen molar-refractivity contribution < 1.29 is 9.53 Å². The predicted molar refractivity (Wildman–Crippen MR) is 114 cm³/mol. The summed E-state index contributed by atoms with van der Waals surface area (Å²) in [6.07, 6.45) is 0.847. The molecular formula is C21H24N4O2S. The molecule has 1 aliphatic rings. The fraction of sp³-hybridized carbons (Fsp3) is 0.333. The summed E-state index contributed by atoms with van der Waals surface area (Å²) in [7, 11) is 1.67. The van der Waals surface area contributed by atoms with Gasteiger partial charge in [0.25, 0.3) is 0 Å². The number of para-hydroxylation sites is 1. The molecule has 1 fully saturated rings. The first-order valence-corrected chi connectivity index (χ1v) is 10.3. The minimum Gasteiger partial charge on any atom is -0.494 e. The fourth-order valence-corrected chi connectivity index (χ4v) is 4.42. The molecule has 2 aromatic carbocycles. The number of carbonyl (C=O) groups is 1. The van der Waals surface area contributed by atoms with Crippen LogP contribution < -0.4 is 15.0 Å². The third-order valence-corrected chi connectivity index (χ3v) is 6.04. The second kappa shape index (κ2) is 8.48. The summed E-state index contributed by atoms with van der Waals surface area (Å²) in [6.45, 7) is 3.62. The van der Waals surface area contributed by atoms with Gasteiger partial charge in [0.05, 0.1) is 11.8 Å². The molecule has 0 radical (unpaired) electrons. The molecule has 2 heterocycles. The quantitative estimate of drug-likeness (QED) is 0.718. The van der Waals surface area contributed by atoms with Crippen molar-refractivity contribution in [3.8, 4) is 5.75 Å². The van der Waals surface area contributed by atoms with Crippen molar-refractivity contribution in [2.45, 2.75) is 6.42 Å². The lowest BCUT2D eigenvalue weighted by molar-refractivity contribution is 0.194. The van der Waals surface area contributed by atoms with Gasteiger partial charge in [0.2, 0.25) is 0 Å². The van der Waals surface area contributed by atoms with E-state index in [9.17, 15) is 4.79 Å². The van der Waals surface area contributed by atoms with Crippen LogP contribution in [0.25, 0.3) is 10.2 Å². The molecule has 1 aromatic heterocycles. The molecule has 6 nitrogen and oxygen atoms in total. The molecule has 1 N–H and O–H groups in total. The number of hydrogen-bond donors (Lipinski definition) is 1. The van der Waals surface area contributed by atoms with Gasteiger partial charge in [-0.3, -0.25) is 0 Å². The highest BCUT2D eigenvalue weighted by atomic mass is 32.1. The fourth-order valence-electron chi connectivity index (χ4n) is 3.38. The van der Waals surface area contributed by atoms with Crippen molar-refractivity contribution in [3.63, 3.8) is 0 Å². The second-order valence-electron chi connectivity index (χ2n) is 6.75. The van der Waals surface area contributed by atoms with Crippen LogP contribution in [0.3, 0.4) is 0 Å². The van der Waals surface area contributed by atoms with Crippen molar-refractivity contribution in [1.82, 2.24) is 15.2 Å². The lowest BCUT2D eigenvalue weighted by atomic mass is 10.1. The molecule has 0 aliphatic carbocycles. The minimum absolute atomic E-state index is 0.0153. The van der Waals surface area contributed by atoms with Gasteiger partial charge < -0.3 is 19.9 Å². The van der Waals surface area contributed by atoms with Crippen molar-refractivity contribution in [2.24, 2.45) is 0 Å². The van der Waals surface area contributed by atoms with E-state index in [0.29, 0.717) is 19.6 Å². The summed E-state index contributed by atoms with van der Waals surface area (Å²) >= 11 is 1.67. The van der Waals surface area contributed by atoms with E-state index >= 15 is 0 Å². The molecule has 4 rings (SSSR count). The number of nitrogens with one attached hydrogen (secondary N) is 1. The normalized spacial score (nSPS) is 14.3. The zero-order chi connectivity index (χ0) is 19.3. The summed E-state index contributed by atoms with van der Waals surface area (Å²) in [6, 6.07) is 16.2. The first kappa shape index (κ1) is 18.6. The van der Waals surface area contributed by atoms with E-state index in [1.165, 1.54) is 5.56 Å². The number of nitrogens with zero attached hydrogens (tertiary/aromatic N) is 3. The molecule has 0 bridgehead atoms. The van der Waals surface area contributed by atoms with Crippen molar-refractivity contribution in [1.29, 1.82) is 0 Å². The Kier molecular flexibility index (Phi) is 5.62. The van der Waals surface area contributed by atoms with Gasteiger partial charge in [-0.1, -0.05) is 47.7 Å². The number of anilines is 1. The highest BCUT2D eigenvalue weighted by molar-refractivity contribution is 7.22. The van der Waals surface area contributed by atoms with Crippen LogP contribution >= 0.6 is 11.3 Å². The molecule has 0 atom stereocenters. The predicted octanol–water partition coefficient (Wildman–Crippen LogP) is 3.38. The highest BCUT2D eigenvalue weighted by Crippen LogP contribution is 2.34. The van der Waals surface area contributed by atoms with E-state index in [4.69, 9.17) is 9.72 Å². The maximum absolute atomic E-state index is 12.4. The smallest absolute Gasteiger partial charge is 0.317 e. The van der Waals surface area contributed by atoms with Crippen molar-refractivity contribution in [2.75, 3.05) is 44.7 Å². The van der Waals surface area contributed by atoms with E-state index in [1.807, 2.05) is 35.2 Å². The average Bonchev–Trinajstić information content (AvgIpc) is 3.19. The molecule has 1 saturated heterocycles. The second-order valence-corrected chi connectivity index (χ2v) is 7.75.